The Labute approximate surface area is 210 Å². The van der Waals surface area contributed by atoms with Crippen LogP contribution in [0.5, 0.6) is 11.5 Å². The molecule has 1 aliphatic rings. The van der Waals surface area contributed by atoms with Crippen LogP contribution >= 0.6 is 0 Å². The van der Waals surface area contributed by atoms with Crippen LogP contribution < -0.4 is 14.8 Å². The molecule has 1 amide bonds. The van der Waals surface area contributed by atoms with Gasteiger partial charge in [-0.1, -0.05) is 54.6 Å². The molecule has 186 valence electrons. The number of fused-ring (bicyclic) bond motifs is 1. The Kier molecular flexibility index (Phi) is 7.12. The monoisotopic (exact) mass is 506 g/mol. The minimum absolute atomic E-state index is 0.0135. The van der Waals surface area contributed by atoms with E-state index in [1.807, 2.05) is 0 Å². The Morgan fingerprint density at radius 3 is 2.22 bits per heavy atom. The van der Waals surface area contributed by atoms with Crippen LogP contribution in [0.25, 0.3) is 5.70 Å². The molecule has 0 aromatic heterocycles. The van der Waals surface area contributed by atoms with Gasteiger partial charge in [0.05, 0.1) is 31.2 Å². The summed E-state index contributed by atoms with van der Waals surface area (Å²) in [6.45, 7) is 1.66. The highest BCUT2D eigenvalue weighted by molar-refractivity contribution is 7.89. The molecule has 0 saturated heterocycles. The maximum atomic E-state index is 13.6. The van der Waals surface area contributed by atoms with Crippen LogP contribution in [0.1, 0.15) is 28.4 Å². The number of allylic oxidation sites excluding steroid dienone is 1. The van der Waals surface area contributed by atoms with E-state index in [-0.39, 0.29) is 34.8 Å². The molecule has 3 aromatic carbocycles. The number of nitrogens with one attached hydrogen (secondary N) is 1. The SMILES string of the molecule is CCN1C(C(=O)c2ccccc2)=C(NC(=O)Cc2ccc(OC)c(OC)c2)c2ccccc2S1(=O)=O. The van der Waals surface area contributed by atoms with E-state index < -0.39 is 21.7 Å². The fourth-order valence-corrected chi connectivity index (χ4v) is 5.85. The lowest BCUT2D eigenvalue weighted by Gasteiger charge is -2.33. The second kappa shape index (κ2) is 10.2. The van der Waals surface area contributed by atoms with Gasteiger partial charge in [-0.05, 0) is 30.7 Å². The van der Waals surface area contributed by atoms with Gasteiger partial charge in [-0.15, -0.1) is 0 Å². The minimum atomic E-state index is -4.01. The second-order valence-electron chi connectivity index (χ2n) is 8.00. The lowest BCUT2D eigenvalue weighted by atomic mass is 10.0. The standard InChI is InChI=1S/C27H26N2O6S/c1-4-29-26(27(31)19-10-6-5-7-11-19)25(20-12-8-9-13-23(20)36(29,32)33)28-24(30)17-18-14-15-21(34-2)22(16-18)35-3/h5-16H,4,17H2,1-3H3,(H,28,30). The van der Waals surface area contributed by atoms with Crippen LogP contribution in [-0.4, -0.2) is 45.2 Å². The summed E-state index contributed by atoms with van der Waals surface area (Å²) in [6, 6.07) is 19.9. The highest BCUT2D eigenvalue weighted by Gasteiger charge is 2.39. The molecule has 4 rings (SSSR count). The third-order valence-electron chi connectivity index (χ3n) is 5.83. The van der Waals surface area contributed by atoms with Crippen molar-refractivity contribution in [1.82, 2.24) is 9.62 Å². The first kappa shape index (κ1) is 25.0. The Morgan fingerprint density at radius 2 is 1.56 bits per heavy atom. The first-order valence-electron chi connectivity index (χ1n) is 11.3. The topological polar surface area (TPSA) is 102 Å². The molecule has 0 atom stereocenters. The minimum Gasteiger partial charge on any atom is -0.493 e. The van der Waals surface area contributed by atoms with Crippen molar-refractivity contribution >= 4 is 27.4 Å². The van der Waals surface area contributed by atoms with E-state index >= 15 is 0 Å². The molecule has 0 aliphatic carbocycles. The van der Waals surface area contributed by atoms with E-state index in [1.165, 1.54) is 20.3 Å². The maximum absolute atomic E-state index is 13.6. The third-order valence-corrected chi connectivity index (χ3v) is 7.76. The molecule has 0 radical (unpaired) electrons. The van der Waals surface area contributed by atoms with Crippen molar-refractivity contribution in [3.05, 3.63) is 95.2 Å². The number of benzene rings is 3. The molecule has 0 spiro atoms. The number of carbonyl (C=O) groups excluding carboxylic acids is 2. The number of amides is 1. The molecule has 0 unspecified atom stereocenters. The number of sulfonamides is 1. The third kappa shape index (κ3) is 4.57. The van der Waals surface area contributed by atoms with Gasteiger partial charge in [0.2, 0.25) is 11.7 Å². The van der Waals surface area contributed by atoms with Gasteiger partial charge in [0, 0.05) is 17.7 Å². The Hall–Kier alpha value is -4.11. The van der Waals surface area contributed by atoms with Crippen molar-refractivity contribution in [3.8, 4) is 11.5 Å². The molecular weight excluding hydrogens is 480 g/mol. The van der Waals surface area contributed by atoms with E-state index in [2.05, 4.69) is 5.32 Å². The first-order chi connectivity index (χ1) is 17.3. The largest absolute Gasteiger partial charge is 0.493 e. The molecule has 0 fully saturated rings. The number of ketones is 1. The van der Waals surface area contributed by atoms with Crippen molar-refractivity contribution in [2.24, 2.45) is 0 Å². The number of rotatable bonds is 8. The Balaban J connectivity index is 1.81. The number of carbonyl (C=O) groups is 2. The van der Waals surface area contributed by atoms with Gasteiger partial charge < -0.3 is 14.8 Å². The lowest BCUT2D eigenvalue weighted by molar-refractivity contribution is -0.119. The molecule has 8 nitrogen and oxygen atoms in total. The molecule has 3 aromatic rings. The lowest BCUT2D eigenvalue weighted by Crippen LogP contribution is -2.41. The van der Waals surface area contributed by atoms with Gasteiger partial charge >= 0.3 is 0 Å². The van der Waals surface area contributed by atoms with Crippen LogP contribution in [0.3, 0.4) is 0 Å². The summed E-state index contributed by atoms with van der Waals surface area (Å²) in [5.74, 6) is 0.0935. The summed E-state index contributed by atoms with van der Waals surface area (Å²) in [5, 5.41) is 2.83. The molecule has 1 N–H and O–H groups in total. The van der Waals surface area contributed by atoms with E-state index in [0.717, 1.165) is 4.31 Å². The predicted molar refractivity (Wildman–Crippen MR) is 135 cm³/mol. The average molecular weight is 507 g/mol. The zero-order valence-electron chi connectivity index (χ0n) is 20.1. The van der Waals surface area contributed by atoms with Gasteiger partial charge in [0.25, 0.3) is 10.0 Å². The first-order valence-corrected chi connectivity index (χ1v) is 12.7. The molecule has 36 heavy (non-hydrogen) atoms. The number of methoxy groups -OCH3 is 2. The van der Waals surface area contributed by atoms with Gasteiger partial charge in [-0.2, -0.15) is 0 Å². The summed E-state index contributed by atoms with van der Waals surface area (Å²) in [6.07, 6.45) is -0.0301. The zero-order chi connectivity index (χ0) is 25.9. The van der Waals surface area contributed by atoms with Gasteiger partial charge in [0.15, 0.2) is 11.5 Å². The predicted octanol–water partition coefficient (Wildman–Crippen LogP) is 3.64. The second-order valence-corrected chi connectivity index (χ2v) is 9.83. The molecule has 1 aliphatic heterocycles. The Bertz CT molecular complexity index is 1450. The van der Waals surface area contributed by atoms with Crippen molar-refractivity contribution in [1.29, 1.82) is 0 Å². The summed E-state index contributed by atoms with van der Waals surface area (Å²) in [7, 11) is -0.976. The Morgan fingerprint density at radius 1 is 0.889 bits per heavy atom. The number of likely N-dealkylation sites (N-methyl/N-ethyl adjacent to an activating group) is 1. The summed E-state index contributed by atoms with van der Waals surface area (Å²) in [5.41, 5.74) is 1.30. The number of hydrogen-bond acceptors (Lipinski definition) is 6. The normalized spacial score (nSPS) is 14.1. The van der Waals surface area contributed by atoms with Crippen LogP contribution in [0.2, 0.25) is 0 Å². The van der Waals surface area contributed by atoms with Crippen LogP contribution in [0.15, 0.2) is 83.4 Å². The molecule has 9 heteroatoms. The van der Waals surface area contributed by atoms with Gasteiger partial charge in [0.1, 0.15) is 5.70 Å². The zero-order valence-corrected chi connectivity index (χ0v) is 21.0. The summed E-state index contributed by atoms with van der Waals surface area (Å²) < 4.78 is 38.5. The summed E-state index contributed by atoms with van der Waals surface area (Å²) in [4.78, 5) is 26.9. The number of ether oxygens (including phenoxy) is 2. The smallest absolute Gasteiger partial charge is 0.265 e. The van der Waals surface area contributed by atoms with Crippen LogP contribution in [0, 0.1) is 0 Å². The average Bonchev–Trinajstić information content (AvgIpc) is 2.90. The van der Waals surface area contributed by atoms with Crippen molar-refractivity contribution in [3.63, 3.8) is 0 Å². The van der Waals surface area contributed by atoms with Crippen molar-refractivity contribution in [2.45, 2.75) is 18.2 Å². The number of hydrogen-bond donors (Lipinski definition) is 1. The molecular formula is C27H26N2O6S. The fourth-order valence-electron chi connectivity index (χ4n) is 4.16. The van der Waals surface area contributed by atoms with Crippen LogP contribution in [0.4, 0.5) is 0 Å². The fraction of sp³-hybridized carbons (Fsp3) is 0.185. The highest BCUT2D eigenvalue weighted by atomic mass is 32.2. The number of nitrogens with zero attached hydrogens (tertiary/aromatic N) is 1. The van der Waals surface area contributed by atoms with Crippen molar-refractivity contribution in [2.75, 3.05) is 20.8 Å². The molecule has 0 saturated carbocycles. The highest BCUT2D eigenvalue weighted by Crippen LogP contribution is 2.37. The molecule has 0 bridgehead atoms. The van der Waals surface area contributed by atoms with E-state index in [9.17, 15) is 18.0 Å². The van der Waals surface area contributed by atoms with Gasteiger partial charge in [-0.25, -0.2) is 8.42 Å². The number of Topliss-reactive ketones (excluding diaryl/α,β-unsaturated/α-hetero) is 1. The maximum Gasteiger partial charge on any atom is 0.265 e. The van der Waals surface area contributed by atoms with E-state index in [1.54, 1.807) is 73.7 Å². The molecule has 1 heterocycles. The van der Waals surface area contributed by atoms with E-state index in [0.29, 0.717) is 22.6 Å². The van der Waals surface area contributed by atoms with Crippen molar-refractivity contribution < 1.29 is 27.5 Å². The quantitative estimate of drug-likeness (QED) is 0.468. The van der Waals surface area contributed by atoms with Crippen LogP contribution in [-0.2, 0) is 21.2 Å². The summed E-state index contributed by atoms with van der Waals surface area (Å²) >= 11 is 0. The van der Waals surface area contributed by atoms with E-state index in [4.69, 9.17) is 9.47 Å². The van der Waals surface area contributed by atoms with Gasteiger partial charge in [-0.3, -0.25) is 13.9 Å².